The average molecular weight is 330 g/mol. The van der Waals surface area contributed by atoms with E-state index in [9.17, 15) is 4.79 Å². The van der Waals surface area contributed by atoms with Crippen LogP contribution < -0.4 is 0 Å². The second-order valence-electron chi connectivity index (χ2n) is 6.71. The molecule has 1 aliphatic heterocycles. The van der Waals surface area contributed by atoms with E-state index in [1.54, 1.807) is 11.3 Å². The van der Waals surface area contributed by atoms with Crippen molar-refractivity contribution in [2.75, 3.05) is 6.54 Å². The van der Waals surface area contributed by atoms with Gasteiger partial charge in [-0.15, -0.1) is 11.3 Å². The van der Waals surface area contributed by atoms with Gasteiger partial charge in [0, 0.05) is 36.1 Å². The normalized spacial score (nSPS) is 21.2. The van der Waals surface area contributed by atoms with Gasteiger partial charge in [-0.05, 0) is 39.5 Å². The quantitative estimate of drug-likeness (QED) is 0.867. The molecule has 2 aliphatic rings. The van der Waals surface area contributed by atoms with Crippen molar-refractivity contribution in [1.29, 1.82) is 0 Å². The molecule has 3 heterocycles. The van der Waals surface area contributed by atoms with Crippen molar-refractivity contribution in [2.45, 2.75) is 51.5 Å². The molecule has 0 spiro atoms. The van der Waals surface area contributed by atoms with Gasteiger partial charge in [-0.25, -0.2) is 4.98 Å². The van der Waals surface area contributed by atoms with Crippen LogP contribution in [0.25, 0.3) is 0 Å². The lowest BCUT2D eigenvalue weighted by atomic mass is 10.0. The van der Waals surface area contributed by atoms with E-state index >= 15 is 0 Å². The average Bonchev–Trinajstić information content (AvgIpc) is 2.96. The first-order valence-electron chi connectivity index (χ1n) is 8.32. The Labute approximate surface area is 140 Å². The van der Waals surface area contributed by atoms with Crippen LogP contribution in [-0.4, -0.2) is 32.1 Å². The number of nitrogens with zero attached hydrogens (tertiary/aromatic N) is 4. The summed E-state index contributed by atoms with van der Waals surface area (Å²) in [5.74, 6) is 0.692. The Morgan fingerprint density at radius 1 is 1.30 bits per heavy atom. The first kappa shape index (κ1) is 14.9. The third-order valence-corrected chi connectivity index (χ3v) is 6.09. The van der Waals surface area contributed by atoms with Gasteiger partial charge in [-0.1, -0.05) is 0 Å². The molecule has 1 atom stereocenters. The zero-order valence-electron chi connectivity index (χ0n) is 13.9. The summed E-state index contributed by atoms with van der Waals surface area (Å²) in [6.45, 7) is 4.94. The monoisotopic (exact) mass is 330 g/mol. The van der Waals surface area contributed by atoms with Gasteiger partial charge in [0.2, 0.25) is 0 Å². The number of carbonyl (C=O) groups excluding carboxylic acids is 1. The standard InChI is InChI=1S/C17H22N4OS/c1-10-15(11(2)20(3)19-10)14-5-4-8-21(14)17(22)13-9-23-16(18-13)12-6-7-12/h9,12,14H,4-8H2,1-3H3. The molecule has 23 heavy (non-hydrogen) atoms. The summed E-state index contributed by atoms with van der Waals surface area (Å²) in [6.07, 6.45) is 4.51. The number of likely N-dealkylation sites (tertiary alicyclic amines) is 1. The highest BCUT2D eigenvalue weighted by Crippen LogP contribution is 2.42. The van der Waals surface area contributed by atoms with E-state index < -0.39 is 0 Å². The molecular formula is C17H22N4OS. The molecular weight excluding hydrogens is 308 g/mol. The maximum atomic E-state index is 13.0. The van der Waals surface area contributed by atoms with Gasteiger partial charge in [0.25, 0.3) is 5.91 Å². The topological polar surface area (TPSA) is 51.0 Å². The second-order valence-corrected chi connectivity index (χ2v) is 7.60. The van der Waals surface area contributed by atoms with Crippen LogP contribution >= 0.6 is 11.3 Å². The molecule has 2 fully saturated rings. The van der Waals surface area contributed by atoms with E-state index in [1.807, 2.05) is 28.9 Å². The molecule has 1 saturated carbocycles. The van der Waals surface area contributed by atoms with E-state index in [-0.39, 0.29) is 11.9 Å². The van der Waals surface area contributed by atoms with Crippen LogP contribution in [0.1, 0.15) is 70.1 Å². The molecule has 4 rings (SSSR count). The van der Waals surface area contributed by atoms with E-state index in [2.05, 4.69) is 17.0 Å². The van der Waals surface area contributed by atoms with Gasteiger partial charge in [0.15, 0.2) is 0 Å². The molecule has 0 radical (unpaired) electrons. The summed E-state index contributed by atoms with van der Waals surface area (Å²) in [5.41, 5.74) is 4.04. The molecule has 0 aromatic carbocycles. The van der Waals surface area contributed by atoms with Gasteiger partial charge in [-0.2, -0.15) is 5.10 Å². The molecule has 2 aromatic rings. The number of thiazole rings is 1. The van der Waals surface area contributed by atoms with E-state index in [1.165, 1.54) is 18.4 Å². The molecule has 0 bridgehead atoms. The fourth-order valence-electron chi connectivity index (χ4n) is 3.63. The van der Waals surface area contributed by atoms with Crippen LogP contribution in [-0.2, 0) is 7.05 Å². The summed E-state index contributed by atoms with van der Waals surface area (Å²) < 4.78 is 1.92. The van der Waals surface area contributed by atoms with Crippen molar-refractivity contribution in [1.82, 2.24) is 19.7 Å². The van der Waals surface area contributed by atoms with Crippen LogP contribution in [0.5, 0.6) is 0 Å². The molecule has 6 heteroatoms. The number of aromatic nitrogens is 3. The lowest BCUT2D eigenvalue weighted by Gasteiger charge is -2.24. The Morgan fingerprint density at radius 2 is 2.09 bits per heavy atom. The van der Waals surface area contributed by atoms with E-state index in [4.69, 9.17) is 0 Å². The third kappa shape index (κ3) is 2.49. The molecule has 5 nitrogen and oxygen atoms in total. The molecule has 1 amide bonds. The fourth-order valence-corrected chi connectivity index (χ4v) is 4.60. The lowest BCUT2D eigenvalue weighted by Crippen LogP contribution is -2.31. The van der Waals surface area contributed by atoms with Crippen LogP contribution in [0.3, 0.4) is 0 Å². The van der Waals surface area contributed by atoms with Crippen molar-refractivity contribution >= 4 is 17.2 Å². The van der Waals surface area contributed by atoms with Gasteiger partial charge >= 0.3 is 0 Å². The number of aryl methyl sites for hydroxylation is 2. The maximum absolute atomic E-state index is 13.0. The van der Waals surface area contributed by atoms with Gasteiger partial charge in [0.1, 0.15) is 5.69 Å². The highest BCUT2D eigenvalue weighted by atomic mass is 32.1. The van der Waals surface area contributed by atoms with Gasteiger partial charge < -0.3 is 4.90 Å². The Balaban J connectivity index is 1.62. The molecule has 2 aromatic heterocycles. The summed E-state index contributed by atoms with van der Waals surface area (Å²) in [6, 6.07) is 0.141. The molecule has 122 valence electrons. The summed E-state index contributed by atoms with van der Waals surface area (Å²) in [4.78, 5) is 19.6. The zero-order chi connectivity index (χ0) is 16.1. The minimum atomic E-state index is 0.0818. The van der Waals surface area contributed by atoms with Gasteiger partial charge in [0.05, 0.1) is 16.7 Å². The Bertz CT molecular complexity index is 759. The Kier molecular flexibility index (Phi) is 3.52. The van der Waals surface area contributed by atoms with Crippen LogP contribution in [0.2, 0.25) is 0 Å². The van der Waals surface area contributed by atoms with Crippen LogP contribution in [0.4, 0.5) is 0 Å². The molecule has 1 aliphatic carbocycles. The maximum Gasteiger partial charge on any atom is 0.273 e. The Morgan fingerprint density at radius 3 is 2.74 bits per heavy atom. The van der Waals surface area contributed by atoms with Gasteiger partial charge in [-0.3, -0.25) is 9.48 Å². The highest BCUT2D eigenvalue weighted by molar-refractivity contribution is 7.10. The number of amides is 1. The van der Waals surface area contributed by atoms with Crippen molar-refractivity contribution < 1.29 is 4.79 Å². The smallest absolute Gasteiger partial charge is 0.273 e. The first-order valence-corrected chi connectivity index (χ1v) is 9.20. The summed E-state index contributed by atoms with van der Waals surface area (Å²) in [5, 5.41) is 7.60. The van der Waals surface area contributed by atoms with Crippen molar-refractivity contribution in [2.24, 2.45) is 7.05 Å². The SMILES string of the molecule is Cc1nn(C)c(C)c1C1CCCN1C(=O)c1csc(C2CC2)n1. The Hall–Kier alpha value is -1.69. The van der Waals surface area contributed by atoms with Crippen LogP contribution in [0, 0.1) is 13.8 Å². The van der Waals surface area contributed by atoms with Crippen molar-refractivity contribution in [3.05, 3.63) is 33.0 Å². The van der Waals surface area contributed by atoms with Crippen molar-refractivity contribution in [3.8, 4) is 0 Å². The number of hydrogen-bond donors (Lipinski definition) is 0. The number of hydrogen-bond acceptors (Lipinski definition) is 4. The third-order valence-electron chi connectivity index (χ3n) is 5.08. The lowest BCUT2D eigenvalue weighted by molar-refractivity contribution is 0.0729. The molecule has 0 N–H and O–H groups in total. The van der Waals surface area contributed by atoms with Crippen molar-refractivity contribution in [3.63, 3.8) is 0 Å². The molecule has 1 unspecified atom stereocenters. The predicted octanol–water partition coefficient (Wildman–Crippen LogP) is 3.35. The first-order chi connectivity index (χ1) is 11.1. The number of rotatable bonds is 3. The second kappa shape index (κ2) is 5.44. The largest absolute Gasteiger partial charge is 0.330 e. The predicted molar refractivity (Wildman–Crippen MR) is 89.8 cm³/mol. The fraction of sp³-hybridized carbons (Fsp3) is 0.588. The van der Waals surface area contributed by atoms with E-state index in [0.29, 0.717) is 11.6 Å². The molecule has 1 saturated heterocycles. The number of carbonyl (C=O) groups is 1. The van der Waals surface area contributed by atoms with Crippen LogP contribution in [0.15, 0.2) is 5.38 Å². The van der Waals surface area contributed by atoms with E-state index in [0.717, 1.165) is 35.8 Å². The zero-order valence-corrected chi connectivity index (χ0v) is 14.7. The minimum Gasteiger partial charge on any atom is -0.330 e. The summed E-state index contributed by atoms with van der Waals surface area (Å²) >= 11 is 1.64. The highest BCUT2D eigenvalue weighted by Gasteiger charge is 2.35. The summed E-state index contributed by atoms with van der Waals surface area (Å²) in [7, 11) is 1.97. The minimum absolute atomic E-state index is 0.0818.